The molecule has 1 rings (SSSR count). The molecule has 1 aliphatic rings. The molecule has 0 aromatic carbocycles. The Morgan fingerprint density at radius 3 is 2.45 bits per heavy atom. The second-order valence-corrected chi connectivity index (χ2v) is 6.12. The van der Waals surface area contributed by atoms with Crippen LogP contribution in [-0.4, -0.2) is 30.1 Å². The van der Waals surface area contributed by atoms with Crippen molar-refractivity contribution in [2.75, 3.05) is 13.1 Å². The molecule has 1 unspecified atom stereocenters. The molecule has 0 heterocycles. The molecule has 0 saturated heterocycles. The van der Waals surface area contributed by atoms with Gasteiger partial charge in [-0.25, -0.2) is 0 Å². The number of rotatable bonds is 8. The second-order valence-electron chi connectivity index (χ2n) is 6.12. The SMILES string of the molecule is CCC(CN)CC(=O)NCC1(CC(=O)O)CCCCC1. The highest BCUT2D eigenvalue weighted by molar-refractivity contribution is 5.76. The van der Waals surface area contributed by atoms with Gasteiger partial charge in [-0.05, 0) is 30.7 Å². The van der Waals surface area contributed by atoms with Crippen LogP contribution in [0.5, 0.6) is 0 Å². The van der Waals surface area contributed by atoms with Crippen LogP contribution in [0.15, 0.2) is 0 Å². The Morgan fingerprint density at radius 1 is 1.30 bits per heavy atom. The molecule has 5 heteroatoms. The van der Waals surface area contributed by atoms with Gasteiger partial charge in [0.15, 0.2) is 0 Å². The second kappa shape index (κ2) is 8.25. The summed E-state index contributed by atoms with van der Waals surface area (Å²) in [6, 6.07) is 0. The van der Waals surface area contributed by atoms with E-state index in [0.717, 1.165) is 32.1 Å². The Hall–Kier alpha value is -1.10. The molecular formula is C15H28N2O3. The summed E-state index contributed by atoms with van der Waals surface area (Å²) < 4.78 is 0. The third-order valence-electron chi connectivity index (χ3n) is 4.49. The number of nitrogens with one attached hydrogen (secondary N) is 1. The van der Waals surface area contributed by atoms with Crippen LogP contribution in [0.25, 0.3) is 0 Å². The standard InChI is InChI=1S/C15H28N2O3/c1-2-12(10-16)8-13(18)17-11-15(9-14(19)20)6-4-3-5-7-15/h12H,2-11,16H2,1H3,(H,17,18)(H,19,20). The van der Waals surface area contributed by atoms with Crippen molar-refractivity contribution >= 4 is 11.9 Å². The summed E-state index contributed by atoms with van der Waals surface area (Å²) in [4.78, 5) is 23.0. The zero-order valence-corrected chi connectivity index (χ0v) is 12.5. The first kappa shape index (κ1) is 17.0. The van der Waals surface area contributed by atoms with E-state index in [-0.39, 0.29) is 23.7 Å². The molecule has 0 aliphatic heterocycles. The lowest BCUT2D eigenvalue weighted by Crippen LogP contribution is -2.41. The van der Waals surface area contributed by atoms with Crippen LogP contribution < -0.4 is 11.1 Å². The van der Waals surface area contributed by atoms with Crippen molar-refractivity contribution in [3.8, 4) is 0 Å². The molecule has 20 heavy (non-hydrogen) atoms. The third-order valence-corrected chi connectivity index (χ3v) is 4.49. The lowest BCUT2D eigenvalue weighted by atomic mass is 9.71. The molecule has 0 aromatic heterocycles. The summed E-state index contributed by atoms with van der Waals surface area (Å²) in [5.41, 5.74) is 5.36. The Balaban J connectivity index is 2.49. The normalized spacial score (nSPS) is 19.3. The molecule has 116 valence electrons. The minimum atomic E-state index is -0.769. The Bertz CT molecular complexity index is 321. The fraction of sp³-hybridized carbons (Fsp3) is 0.867. The first-order valence-corrected chi connectivity index (χ1v) is 7.70. The largest absolute Gasteiger partial charge is 0.481 e. The van der Waals surface area contributed by atoms with Crippen molar-refractivity contribution in [3.63, 3.8) is 0 Å². The molecule has 0 bridgehead atoms. The van der Waals surface area contributed by atoms with Gasteiger partial charge in [-0.3, -0.25) is 9.59 Å². The van der Waals surface area contributed by atoms with Crippen molar-refractivity contribution in [2.24, 2.45) is 17.1 Å². The fourth-order valence-corrected chi connectivity index (χ4v) is 3.05. The summed E-state index contributed by atoms with van der Waals surface area (Å²) >= 11 is 0. The Morgan fingerprint density at radius 2 is 1.95 bits per heavy atom. The first-order chi connectivity index (χ1) is 9.51. The van der Waals surface area contributed by atoms with Gasteiger partial charge in [0.1, 0.15) is 0 Å². The number of aliphatic carboxylic acids is 1. The van der Waals surface area contributed by atoms with Crippen LogP contribution in [0.1, 0.15) is 58.3 Å². The van der Waals surface area contributed by atoms with Gasteiger partial charge in [-0.2, -0.15) is 0 Å². The van der Waals surface area contributed by atoms with Crippen LogP contribution in [0, 0.1) is 11.3 Å². The number of carboxylic acids is 1. The topological polar surface area (TPSA) is 92.4 Å². The maximum absolute atomic E-state index is 11.9. The van der Waals surface area contributed by atoms with E-state index >= 15 is 0 Å². The zero-order chi connectivity index (χ0) is 15.0. The summed E-state index contributed by atoms with van der Waals surface area (Å²) in [7, 11) is 0. The number of nitrogens with two attached hydrogens (primary N) is 1. The van der Waals surface area contributed by atoms with Crippen LogP contribution in [0.4, 0.5) is 0 Å². The summed E-state index contributed by atoms with van der Waals surface area (Å²) in [6.07, 6.45) is 6.57. The Kier molecular flexibility index (Phi) is 6.99. The zero-order valence-electron chi connectivity index (χ0n) is 12.5. The maximum Gasteiger partial charge on any atom is 0.303 e. The van der Waals surface area contributed by atoms with Gasteiger partial charge in [0, 0.05) is 13.0 Å². The van der Waals surface area contributed by atoms with Crippen molar-refractivity contribution in [1.29, 1.82) is 0 Å². The van der Waals surface area contributed by atoms with Gasteiger partial charge in [0.2, 0.25) is 5.91 Å². The van der Waals surface area contributed by atoms with E-state index in [4.69, 9.17) is 10.8 Å². The van der Waals surface area contributed by atoms with E-state index in [0.29, 0.717) is 19.5 Å². The molecule has 0 radical (unpaired) electrons. The van der Waals surface area contributed by atoms with Gasteiger partial charge in [0.25, 0.3) is 0 Å². The maximum atomic E-state index is 11.9. The molecule has 1 saturated carbocycles. The summed E-state index contributed by atoms with van der Waals surface area (Å²) in [6.45, 7) is 3.03. The molecule has 4 N–H and O–H groups in total. The molecule has 0 aromatic rings. The summed E-state index contributed by atoms with van der Waals surface area (Å²) in [5, 5.41) is 12.0. The molecule has 1 aliphatic carbocycles. The van der Waals surface area contributed by atoms with Crippen molar-refractivity contribution in [3.05, 3.63) is 0 Å². The summed E-state index contributed by atoms with van der Waals surface area (Å²) in [5.74, 6) is -0.552. The number of hydrogen-bond donors (Lipinski definition) is 3. The van der Waals surface area contributed by atoms with Gasteiger partial charge in [-0.1, -0.05) is 32.6 Å². The van der Waals surface area contributed by atoms with E-state index in [9.17, 15) is 9.59 Å². The van der Waals surface area contributed by atoms with E-state index < -0.39 is 5.97 Å². The molecule has 5 nitrogen and oxygen atoms in total. The van der Waals surface area contributed by atoms with Crippen molar-refractivity contribution < 1.29 is 14.7 Å². The molecule has 1 amide bonds. The number of hydrogen-bond acceptors (Lipinski definition) is 3. The van der Waals surface area contributed by atoms with Gasteiger partial charge >= 0.3 is 5.97 Å². The molecule has 1 atom stereocenters. The van der Waals surface area contributed by atoms with E-state index in [1.165, 1.54) is 6.42 Å². The highest BCUT2D eigenvalue weighted by Gasteiger charge is 2.34. The average molecular weight is 284 g/mol. The number of carboxylic acid groups (broad SMARTS) is 1. The minimum Gasteiger partial charge on any atom is -0.481 e. The molecule has 0 spiro atoms. The van der Waals surface area contributed by atoms with Crippen LogP contribution in [0.3, 0.4) is 0 Å². The lowest BCUT2D eigenvalue weighted by Gasteiger charge is -2.36. The average Bonchev–Trinajstić information content (AvgIpc) is 2.43. The van der Waals surface area contributed by atoms with E-state index in [2.05, 4.69) is 5.32 Å². The lowest BCUT2D eigenvalue weighted by molar-refractivity contribution is -0.140. The predicted octanol–water partition coefficient (Wildman–Crippen LogP) is 1.90. The van der Waals surface area contributed by atoms with Crippen LogP contribution in [0.2, 0.25) is 0 Å². The van der Waals surface area contributed by atoms with Gasteiger partial charge in [0.05, 0.1) is 6.42 Å². The molecule has 1 fully saturated rings. The quantitative estimate of drug-likeness (QED) is 0.634. The number of carbonyl (C=O) groups is 2. The fourth-order valence-electron chi connectivity index (χ4n) is 3.05. The molecular weight excluding hydrogens is 256 g/mol. The first-order valence-electron chi connectivity index (χ1n) is 7.70. The Labute approximate surface area is 121 Å². The minimum absolute atomic E-state index is 0.00219. The number of amides is 1. The van der Waals surface area contributed by atoms with Gasteiger partial charge in [-0.15, -0.1) is 0 Å². The predicted molar refractivity (Wildman–Crippen MR) is 78.2 cm³/mol. The smallest absolute Gasteiger partial charge is 0.303 e. The third kappa shape index (κ3) is 5.49. The van der Waals surface area contributed by atoms with Crippen molar-refractivity contribution in [1.82, 2.24) is 5.32 Å². The monoisotopic (exact) mass is 284 g/mol. The van der Waals surface area contributed by atoms with E-state index in [1.54, 1.807) is 0 Å². The highest BCUT2D eigenvalue weighted by atomic mass is 16.4. The van der Waals surface area contributed by atoms with Crippen molar-refractivity contribution in [2.45, 2.75) is 58.3 Å². The van der Waals surface area contributed by atoms with Crippen LogP contribution in [-0.2, 0) is 9.59 Å². The number of carbonyl (C=O) groups excluding carboxylic acids is 1. The van der Waals surface area contributed by atoms with E-state index in [1.807, 2.05) is 6.92 Å². The highest BCUT2D eigenvalue weighted by Crippen LogP contribution is 2.38. The van der Waals surface area contributed by atoms with Crippen LogP contribution >= 0.6 is 0 Å². The van der Waals surface area contributed by atoms with Gasteiger partial charge < -0.3 is 16.2 Å².